The number of hydrogen-bond acceptors (Lipinski definition) is 4. The Bertz CT molecular complexity index is 385. The number of urea groups is 1. The van der Waals surface area contributed by atoms with Gasteiger partial charge in [-0.05, 0) is 19.8 Å². The van der Waals surface area contributed by atoms with Gasteiger partial charge in [-0.1, -0.05) is 13.0 Å². The van der Waals surface area contributed by atoms with Gasteiger partial charge < -0.3 is 10.1 Å². The monoisotopic (exact) mass is 270 g/mol. The van der Waals surface area contributed by atoms with Gasteiger partial charge in [0.1, 0.15) is 6.61 Å². The minimum Gasteiger partial charge on any atom is -0.460 e. The van der Waals surface area contributed by atoms with Crippen LogP contribution in [0.4, 0.5) is 4.79 Å². The van der Waals surface area contributed by atoms with Gasteiger partial charge in [-0.25, -0.2) is 9.59 Å². The van der Waals surface area contributed by atoms with Crippen molar-refractivity contribution in [2.45, 2.75) is 32.6 Å². The summed E-state index contributed by atoms with van der Waals surface area (Å²) in [6, 6.07) is -0.418. The molecule has 0 bridgehead atoms. The van der Waals surface area contributed by atoms with Crippen LogP contribution in [0.5, 0.6) is 0 Å². The van der Waals surface area contributed by atoms with Gasteiger partial charge in [-0.15, -0.1) is 0 Å². The van der Waals surface area contributed by atoms with Crippen molar-refractivity contribution in [1.82, 2.24) is 10.2 Å². The maximum Gasteiger partial charge on any atom is 0.333 e. The third kappa shape index (κ3) is 5.11. The van der Waals surface area contributed by atoms with Gasteiger partial charge in [-0.3, -0.25) is 9.69 Å². The maximum atomic E-state index is 11.8. The predicted molar refractivity (Wildman–Crippen MR) is 71.5 cm³/mol. The average Bonchev–Trinajstić information content (AvgIpc) is 2.58. The quantitative estimate of drug-likeness (QED) is 0.477. The van der Waals surface area contributed by atoms with E-state index in [2.05, 4.69) is 11.9 Å². The average molecular weight is 270 g/mol. The minimum absolute atomic E-state index is 0. The van der Waals surface area contributed by atoms with Crippen molar-refractivity contribution < 1.29 is 20.5 Å². The molecule has 1 fully saturated rings. The molecule has 19 heavy (non-hydrogen) atoms. The van der Waals surface area contributed by atoms with E-state index in [0.717, 1.165) is 19.3 Å². The summed E-state index contributed by atoms with van der Waals surface area (Å²) in [7, 11) is 0. The molecule has 0 aromatic heterocycles. The highest BCUT2D eigenvalue weighted by Gasteiger charge is 2.22. The first-order valence-electron chi connectivity index (χ1n) is 6.43. The smallest absolute Gasteiger partial charge is 0.333 e. The van der Waals surface area contributed by atoms with E-state index in [4.69, 9.17) is 4.74 Å². The van der Waals surface area contributed by atoms with Crippen molar-refractivity contribution in [3.8, 4) is 0 Å². The number of carbonyl (C=O) groups excluding carboxylic acids is 3. The molecule has 0 saturated carbocycles. The Hall–Kier alpha value is -1.85. The highest BCUT2D eigenvalue weighted by Crippen LogP contribution is 2.10. The van der Waals surface area contributed by atoms with E-state index in [-0.39, 0.29) is 20.5 Å². The zero-order valence-corrected chi connectivity index (χ0v) is 11.2. The Morgan fingerprint density at radius 3 is 2.84 bits per heavy atom. The highest BCUT2D eigenvalue weighted by molar-refractivity contribution is 5.94. The summed E-state index contributed by atoms with van der Waals surface area (Å²) in [6.07, 6.45) is 3.05. The van der Waals surface area contributed by atoms with Gasteiger partial charge in [-0.2, -0.15) is 0 Å². The second kappa shape index (κ2) is 7.56. The van der Waals surface area contributed by atoms with Crippen LogP contribution in [0.3, 0.4) is 0 Å². The molecule has 0 aliphatic carbocycles. The lowest BCUT2D eigenvalue weighted by molar-refractivity contribution is -0.138. The summed E-state index contributed by atoms with van der Waals surface area (Å²) in [5, 5.41) is 2.56. The van der Waals surface area contributed by atoms with E-state index in [1.54, 1.807) is 6.92 Å². The lowest BCUT2D eigenvalue weighted by atomic mass is 10.2. The van der Waals surface area contributed by atoms with Crippen LogP contribution in [-0.4, -0.2) is 42.5 Å². The fourth-order valence-electron chi connectivity index (χ4n) is 1.72. The molecular formula is C13H22N2O4. The van der Waals surface area contributed by atoms with Gasteiger partial charge in [0.2, 0.25) is 5.91 Å². The zero-order valence-electron chi connectivity index (χ0n) is 11.2. The van der Waals surface area contributed by atoms with Crippen LogP contribution in [0.25, 0.3) is 0 Å². The Labute approximate surface area is 114 Å². The van der Waals surface area contributed by atoms with Gasteiger partial charge in [0.05, 0.1) is 6.54 Å². The van der Waals surface area contributed by atoms with Crippen LogP contribution >= 0.6 is 0 Å². The molecule has 1 rings (SSSR count). The first kappa shape index (κ1) is 15.2. The molecule has 0 radical (unpaired) electrons. The van der Waals surface area contributed by atoms with Crippen LogP contribution in [0.1, 0.15) is 34.0 Å². The standard InChI is InChI=1S/C13H20N2O4.H2/c1-10(2)12(17)19-9-7-14-13(18)15-8-5-3-4-6-11(15)16;/h1,3-9H2,2H3,(H,14,18);1H. The third-order valence-electron chi connectivity index (χ3n) is 2.78. The molecule has 1 heterocycles. The summed E-state index contributed by atoms with van der Waals surface area (Å²) >= 11 is 0. The summed E-state index contributed by atoms with van der Waals surface area (Å²) in [6.45, 7) is 5.71. The second-order valence-electron chi connectivity index (χ2n) is 4.50. The lowest BCUT2D eigenvalue weighted by Gasteiger charge is -2.18. The van der Waals surface area contributed by atoms with E-state index in [0.29, 0.717) is 18.5 Å². The summed E-state index contributed by atoms with van der Waals surface area (Å²) in [4.78, 5) is 35.7. The van der Waals surface area contributed by atoms with Crippen molar-refractivity contribution >= 4 is 17.9 Å². The number of imide groups is 1. The predicted octanol–water partition coefficient (Wildman–Crippen LogP) is 1.46. The molecule has 0 unspecified atom stereocenters. The van der Waals surface area contributed by atoms with Crippen molar-refractivity contribution in [1.29, 1.82) is 0 Å². The summed E-state index contributed by atoms with van der Waals surface area (Å²) < 4.78 is 4.84. The number of carbonyl (C=O) groups is 3. The Morgan fingerprint density at radius 1 is 1.42 bits per heavy atom. The first-order chi connectivity index (χ1) is 9.02. The Kier molecular flexibility index (Phi) is 6.05. The van der Waals surface area contributed by atoms with E-state index < -0.39 is 12.0 Å². The molecule has 0 aromatic rings. The van der Waals surface area contributed by atoms with E-state index in [1.807, 2.05) is 0 Å². The summed E-state index contributed by atoms with van der Waals surface area (Å²) in [5.74, 6) is -0.631. The molecular weight excluding hydrogens is 248 g/mol. The van der Waals surface area contributed by atoms with Crippen LogP contribution < -0.4 is 5.32 Å². The van der Waals surface area contributed by atoms with Crippen LogP contribution in [0.2, 0.25) is 0 Å². The molecule has 0 aromatic carbocycles. The van der Waals surface area contributed by atoms with Crippen molar-refractivity contribution in [3.63, 3.8) is 0 Å². The molecule has 1 saturated heterocycles. The molecule has 3 amide bonds. The fourth-order valence-corrected chi connectivity index (χ4v) is 1.72. The van der Waals surface area contributed by atoms with Gasteiger partial charge >= 0.3 is 12.0 Å². The number of amides is 3. The number of nitrogens with one attached hydrogen (secondary N) is 1. The zero-order chi connectivity index (χ0) is 14.3. The highest BCUT2D eigenvalue weighted by atomic mass is 16.5. The SMILES string of the molecule is C=C(C)C(=O)OCCNC(=O)N1CCCCCC1=O.[HH]. The number of likely N-dealkylation sites (tertiary alicyclic amines) is 1. The second-order valence-corrected chi connectivity index (χ2v) is 4.50. The van der Waals surface area contributed by atoms with Crippen LogP contribution in [0, 0.1) is 0 Å². The molecule has 6 heteroatoms. The minimum atomic E-state index is -0.486. The number of nitrogens with zero attached hydrogens (tertiary/aromatic N) is 1. The largest absolute Gasteiger partial charge is 0.460 e. The van der Waals surface area contributed by atoms with Crippen molar-refractivity contribution in [2.24, 2.45) is 0 Å². The van der Waals surface area contributed by atoms with Crippen LogP contribution in [0.15, 0.2) is 12.2 Å². The molecule has 1 N–H and O–H groups in total. The molecule has 1 aliphatic heterocycles. The lowest BCUT2D eigenvalue weighted by Crippen LogP contribution is -2.44. The fraction of sp³-hybridized carbons (Fsp3) is 0.615. The Morgan fingerprint density at radius 2 is 2.16 bits per heavy atom. The van der Waals surface area contributed by atoms with Crippen LogP contribution in [-0.2, 0) is 14.3 Å². The normalized spacial score (nSPS) is 15.6. The van der Waals surface area contributed by atoms with Gasteiger partial charge in [0, 0.05) is 20.0 Å². The topological polar surface area (TPSA) is 75.7 Å². The van der Waals surface area contributed by atoms with E-state index >= 15 is 0 Å². The number of ether oxygens (including phenoxy) is 1. The third-order valence-corrected chi connectivity index (χ3v) is 2.78. The number of hydrogen-bond donors (Lipinski definition) is 1. The first-order valence-corrected chi connectivity index (χ1v) is 6.43. The Balaban J connectivity index is 0.00000361. The molecule has 1 aliphatic rings. The molecule has 0 spiro atoms. The van der Waals surface area contributed by atoms with E-state index in [9.17, 15) is 14.4 Å². The molecule has 6 nitrogen and oxygen atoms in total. The summed E-state index contributed by atoms with van der Waals surface area (Å²) in [5.41, 5.74) is 0.314. The van der Waals surface area contributed by atoms with E-state index in [1.165, 1.54) is 4.90 Å². The molecule has 0 atom stereocenters. The van der Waals surface area contributed by atoms with Gasteiger partial charge in [0.15, 0.2) is 0 Å². The van der Waals surface area contributed by atoms with Crippen molar-refractivity contribution in [2.75, 3.05) is 19.7 Å². The molecule has 108 valence electrons. The number of esters is 1. The van der Waals surface area contributed by atoms with Gasteiger partial charge in [0.25, 0.3) is 0 Å². The number of rotatable bonds is 4. The van der Waals surface area contributed by atoms with Crippen molar-refractivity contribution in [3.05, 3.63) is 12.2 Å². The maximum absolute atomic E-state index is 11.8.